The first kappa shape index (κ1) is 22.1. The molecule has 4 nitrogen and oxygen atoms in total. The van der Waals surface area contributed by atoms with Crippen LogP contribution in [-0.2, 0) is 4.74 Å². The quantitative estimate of drug-likeness (QED) is 0.630. The third kappa shape index (κ3) is 5.49. The van der Waals surface area contributed by atoms with Crippen LogP contribution in [0.4, 0.5) is 18.3 Å². The van der Waals surface area contributed by atoms with Crippen LogP contribution >= 0.6 is 11.3 Å². The highest BCUT2D eigenvalue weighted by atomic mass is 32.1. The van der Waals surface area contributed by atoms with Crippen molar-refractivity contribution in [2.45, 2.75) is 25.9 Å². The minimum Gasteiger partial charge on any atom is -0.383 e. The first-order chi connectivity index (χ1) is 13.8. The highest BCUT2D eigenvalue weighted by Gasteiger charge is 2.42. The van der Waals surface area contributed by atoms with Gasteiger partial charge in [-0.25, -0.2) is 4.98 Å². The maximum atomic E-state index is 13.4. The van der Waals surface area contributed by atoms with Gasteiger partial charge in [-0.3, -0.25) is 4.90 Å². The summed E-state index contributed by atoms with van der Waals surface area (Å²) in [7, 11) is 1.71. The van der Waals surface area contributed by atoms with Crippen molar-refractivity contribution in [3.05, 3.63) is 35.2 Å². The maximum absolute atomic E-state index is 13.4. The molecule has 0 saturated carbocycles. The number of nitrogens with zero attached hydrogens (tertiary/aromatic N) is 3. The van der Waals surface area contributed by atoms with Crippen LogP contribution in [0.1, 0.15) is 25.3 Å². The summed E-state index contributed by atoms with van der Waals surface area (Å²) in [5, 5.41) is 2.94. The van der Waals surface area contributed by atoms with E-state index < -0.39 is 18.0 Å². The molecule has 1 aromatic heterocycles. The Labute approximate surface area is 174 Å². The Morgan fingerprint density at radius 2 is 1.76 bits per heavy atom. The number of hydrogen-bond donors (Lipinski definition) is 0. The largest absolute Gasteiger partial charge is 0.395 e. The second kappa shape index (κ2) is 9.45. The first-order valence-corrected chi connectivity index (χ1v) is 10.8. The summed E-state index contributed by atoms with van der Waals surface area (Å²) in [6, 6.07) is 6.66. The molecule has 0 bridgehead atoms. The summed E-state index contributed by atoms with van der Waals surface area (Å²) in [4.78, 5) is 9.37. The number of ether oxygens (including phenoxy) is 1. The third-order valence-electron chi connectivity index (χ3n) is 5.33. The highest BCUT2D eigenvalue weighted by Crippen LogP contribution is 2.40. The fourth-order valence-corrected chi connectivity index (χ4v) is 4.63. The Morgan fingerprint density at radius 1 is 1.10 bits per heavy atom. The molecule has 0 radical (unpaired) electrons. The van der Waals surface area contributed by atoms with Gasteiger partial charge in [-0.05, 0) is 11.5 Å². The SMILES string of the molecule is COCCN1CCN(c2nc(-c3ccc(C(C(C)C)C(F)(F)F)cc3)cs2)CC1. The molecule has 29 heavy (non-hydrogen) atoms. The van der Waals surface area contributed by atoms with Crippen LogP contribution in [0.3, 0.4) is 0 Å². The molecule has 1 aliphatic rings. The van der Waals surface area contributed by atoms with Gasteiger partial charge in [0.15, 0.2) is 5.13 Å². The lowest BCUT2D eigenvalue weighted by Crippen LogP contribution is -2.47. The lowest BCUT2D eigenvalue weighted by atomic mass is 9.87. The first-order valence-electron chi connectivity index (χ1n) is 9.88. The number of piperazine rings is 1. The van der Waals surface area contributed by atoms with Crippen LogP contribution in [0.2, 0.25) is 0 Å². The monoisotopic (exact) mass is 427 g/mol. The number of benzene rings is 1. The Morgan fingerprint density at radius 3 is 2.31 bits per heavy atom. The van der Waals surface area contributed by atoms with E-state index >= 15 is 0 Å². The second-order valence-corrected chi connectivity index (χ2v) is 8.56. The fraction of sp³-hybridized carbons (Fsp3) is 0.571. The number of anilines is 1. The van der Waals surface area contributed by atoms with Gasteiger partial charge < -0.3 is 9.64 Å². The van der Waals surface area contributed by atoms with E-state index in [1.165, 1.54) is 0 Å². The van der Waals surface area contributed by atoms with Crippen LogP contribution in [0.25, 0.3) is 11.3 Å². The van der Waals surface area contributed by atoms with Gasteiger partial charge in [0.2, 0.25) is 0 Å². The topological polar surface area (TPSA) is 28.6 Å². The van der Waals surface area contributed by atoms with Gasteiger partial charge in [-0.2, -0.15) is 13.2 Å². The van der Waals surface area contributed by atoms with Gasteiger partial charge in [0, 0.05) is 50.8 Å². The van der Waals surface area contributed by atoms with Crippen LogP contribution < -0.4 is 4.90 Å². The van der Waals surface area contributed by atoms with Crippen molar-refractivity contribution < 1.29 is 17.9 Å². The average molecular weight is 428 g/mol. The van der Waals surface area contributed by atoms with Gasteiger partial charge in [-0.1, -0.05) is 38.1 Å². The Kier molecular flexibility index (Phi) is 7.19. The minimum absolute atomic E-state index is 0.305. The number of rotatable bonds is 7. The highest BCUT2D eigenvalue weighted by molar-refractivity contribution is 7.14. The lowest BCUT2D eigenvalue weighted by Gasteiger charge is -2.34. The zero-order valence-corrected chi connectivity index (χ0v) is 17.9. The number of hydrogen-bond acceptors (Lipinski definition) is 5. The molecule has 160 valence electrons. The van der Waals surface area contributed by atoms with E-state index in [4.69, 9.17) is 9.72 Å². The summed E-state index contributed by atoms with van der Waals surface area (Å²) >= 11 is 1.58. The smallest absolute Gasteiger partial charge is 0.383 e. The Hall–Kier alpha value is -1.64. The molecule has 1 fully saturated rings. The molecule has 2 aromatic rings. The molecule has 0 spiro atoms. The molecule has 1 unspecified atom stereocenters. The van der Waals surface area contributed by atoms with Gasteiger partial charge in [0.1, 0.15) is 0 Å². The molecule has 3 rings (SSSR count). The molecule has 0 N–H and O–H groups in total. The number of alkyl halides is 3. The zero-order valence-electron chi connectivity index (χ0n) is 17.1. The molecule has 2 heterocycles. The molecule has 0 amide bonds. The van der Waals surface area contributed by atoms with Crippen molar-refractivity contribution in [2.24, 2.45) is 5.92 Å². The molecule has 1 aliphatic heterocycles. The van der Waals surface area contributed by atoms with E-state index in [0.29, 0.717) is 5.56 Å². The van der Waals surface area contributed by atoms with Crippen molar-refractivity contribution in [2.75, 3.05) is 51.3 Å². The van der Waals surface area contributed by atoms with E-state index in [-0.39, 0.29) is 0 Å². The maximum Gasteiger partial charge on any atom is 0.395 e. The molecule has 1 saturated heterocycles. The van der Waals surface area contributed by atoms with Crippen molar-refractivity contribution >= 4 is 16.5 Å². The zero-order chi connectivity index (χ0) is 21.0. The predicted octanol–water partition coefficient (Wildman–Crippen LogP) is 4.88. The van der Waals surface area contributed by atoms with E-state index in [1.54, 1.807) is 56.6 Å². The van der Waals surface area contributed by atoms with Gasteiger partial charge in [0.05, 0.1) is 18.2 Å². The summed E-state index contributed by atoms with van der Waals surface area (Å²) in [6.45, 7) is 8.66. The average Bonchev–Trinajstić information content (AvgIpc) is 3.16. The van der Waals surface area contributed by atoms with Gasteiger partial charge in [-0.15, -0.1) is 11.3 Å². The molecule has 1 aromatic carbocycles. The molecule has 1 atom stereocenters. The summed E-state index contributed by atoms with van der Waals surface area (Å²) in [5.41, 5.74) is 1.96. The second-order valence-electron chi connectivity index (χ2n) is 7.72. The number of thiazole rings is 1. The Balaban J connectivity index is 1.66. The third-order valence-corrected chi connectivity index (χ3v) is 6.23. The standard InChI is InChI=1S/C21H28F3N3OS/c1-15(2)19(21(22,23)24)17-6-4-16(5-7-17)18-14-29-20(25-18)27-10-8-26(9-11-27)12-13-28-3/h4-7,14-15,19H,8-13H2,1-3H3. The number of aromatic nitrogens is 1. The summed E-state index contributed by atoms with van der Waals surface area (Å²) in [5.74, 6) is -1.95. The van der Waals surface area contributed by atoms with Crippen LogP contribution in [-0.4, -0.2) is 62.5 Å². The summed E-state index contributed by atoms with van der Waals surface area (Å²) < 4.78 is 45.2. The summed E-state index contributed by atoms with van der Waals surface area (Å²) in [6.07, 6.45) is -4.24. The molecule has 8 heteroatoms. The molecule has 0 aliphatic carbocycles. The molecular weight excluding hydrogens is 399 g/mol. The minimum atomic E-state index is -4.24. The lowest BCUT2D eigenvalue weighted by molar-refractivity contribution is -0.159. The normalized spacial score (nSPS) is 17.1. The van der Waals surface area contributed by atoms with E-state index in [1.807, 2.05) is 5.38 Å². The van der Waals surface area contributed by atoms with Crippen LogP contribution in [0.5, 0.6) is 0 Å². The van der Waals surface area contributed by atoms with Crippen molar-refractivity contribution in [3.8, 4) is 11.3 Å². The van der Waals surface area contributed by atoms with Crippen molar-refractivity contribution in [1.82, 2.24) is 9.88 Å². The van der Waals surface area contributed by atoms with E-state index in [9.17, 15) is 13.2 Å². The van der Waals surface area contributed by atoms with Crippen molar-refractivity contribution in [1.29, 1.82) is 0 Å². The van der Waals surface area contributed by atoms with E-state index in [2.05, 4.69) is 9.80 Å². The van der Waals surface area contributed by atoms with Gasteiger partial charge >= 0.3 is 6.18 Å². The van der Waals surface area contributed by atoms with Crippen LogP contribution in [0, 0.1) is 5.92 Å². The van der Waals surface area contributed by atoms with Gasteiger partial charge in [0.25, 0.3) is 0 Å². The number of methoxy groups -OCH3 is 1. The molecular formula is C21H28F3N3OS. The number of halogens is 3. The predicted molar refractivity (Wildman–Crippen MR) is 112 cm³/mol. The van der Waals surface area contributed by atoms with E-state index in [0.717, 1.165) is 55.7 Å². The van der Waals surface area contributed by atoms with Crippen molar-refractivity contribution in [3.63, 3.8) is 0 Å². The fourth-order valence-electron chi connectivity index (χ4n) is 3.74. The Bertz CT molecular complexity index is 768. The van der Waals surface area contributed by atoms with Crippen LogP contribution in [0.15, 0.2) is 29.6 Å².